The second-order valence-corrected chi connectivity index (χ2v) is 4.52. The van der Waals surface area contributed by atoms with Crippen LogP contribution in [0, 0.1) is 4.91 Å². The summed E-state index contributed by atoms with van der Waals surface area (Å²) in [4.78, 5) is 12.9. The fourth-order valence-corrected chi connectivity index (χ4v) is 2.00. The van der Waals surface area contributed by atoms with E-state index in [1.54, 1.807) is 13.3 Å². The van der Waals surface area contributed by atoms with Crippen LogP contribution < -0.4 is 4.74 Å². The maximum atomic E-state index is 10.8. The summed E-state index contributed by atoms with van der Waals surface area (Å²) in [5.41, 5.74) is 1.93. The molecule has 0 fully saturated rings. The van der Waals surface area contributed by atoms with Crippen LogP contribution in [-0.4, -0.2) is 37.3 Å². The molecule has 0 aliphatic rings. The lowest BCUT2D eigenvalue weighted by Gasteiger charge is -2.08. The highest BCUT2D eigenvalue weighted by Gasteiger charge is 2.10. The molecule has 0 atom stereocenters. The Morgan fingerprint density at radius 3 is 2.78 bits per heavy atom. The molecule has 0 aliphatic carbocycles. The van der Waals surface area contributed by atoms with Crippen molar-refractivity contribution in [1.82, 2.24) is 9.58 Å². The van der Waals surface area contributed by atoms with E-state index in [0.717, 1.165) is 35.2 Å². The van der Waals surface area contributed by atoms with E-state index in [1.807, 2.05) is 32.3 Å². The van der Waals surface area contributed by atoms with Crippen LogP contribution in [0.5, 0.6) is 5.75 Å². The summed E-state index contributed by atoms with van der Waals surface area (Å²) in [5.74, 6) is 0.789. The number of rotatable bonds is 5. The van der Waals surface area contributed by atoms with Gasteiger partial charge in [-0.2, -0.15) is 0 Å². The van der Waals surface area contributed by atoms with Crippen molar-refractivity contribution in [2.45, 2.75) is 6.42 Å². The van der Waals surface area contributed by atoms with Gasteiger partial charge in [0.1, 0.15) is 5.75 Å². The van der Waals surface area contributed by atoms with E-state index in [9.17, 15) is 4.91 Å². The molecule has 0 saturated heterocycles. The minimum absolute atomic E-state index is 0.789. The van der Waals surface area contributed by atoms with Crippen molar-refractivity contribution >= 4 is 10.9 Å². The maximum Gasteiger partial charge on any atom is 0.119 e. The van der Waals surface area contributed by atoms with Gasteiger partial charge in [-0.15, -0.1) is 4.91 Å². The van der Waals surface area contributed by atoms with Gasteiger partial charge in [-0.3, -0.25) is 0 Å². The van der Waals surface area contributed by atoms with Crippen LogP contribution >= 0.6 is 0 Å². The molecule has 18 heavy (non-hydrogen) atoms. The minimum atomic E-state index is 0.789. The SMILES string of the molecule is COc1ccc2c(c1)c(CCN(C)C)cn2N=O. The van der Waals surface area contributed by atoms with Gasteiger partial charge < -0.3 is 9.64 Å². The fraction of sp³-hybridized carbons (Fsp3) is 0.385. The third-order valence-corrected chi connectivity index (χ3v) is 2.99. The fourth-order valence-electron chi connectivity index (χ4n) is 2.00. The predicted molar refractivity (Wildman–Crippen MR) is 71.9 cm³/mol. The number of nitrogens with zero attached hydrogens (tertiary/aromatic N) is 3. The quantitative estimate of drug-likeness (QED) is 0.761. The molecule has 2 aromatic rings. The van der Waals surface area contributed by atoms with Crippen LogP contribution in [-0.2, 0) is 6.42 Å². The summed E-state index contributed by atoms with van der Waals surface area (Å²) in [6.45, 7) is 0.926. The normalized spacial score (nSPS) is 11.1. The van der Waals surface area contributed by atoms with Crippen molar-refractivity contribution in [3.8, 4) is 5.75 Å². The molecule has 0 unspecified atom stereocenters. The molecular weight excluding hydrogens is 230 g/mol. The molecule has 96 valence electrons. The van der Waals surface area contributed by atoms with Gasteiger partial charge in [0.15, 0.2) is 0 Å². The van der Waals surface area contributed by atoms with Gasteiger partial charge in [-0.25, -0.2) is 4.68 Å². The first-order valence-electron chi connectivity index (χ1n) is 5.82. The third kappa shape index (κ3) is 2.36. The van der Waals surface area contributed by atoms with Crippen LogP contribution in [0.25, 0.3) is 10.9 Å². The molecule has 0 amide bonds. The Hall–Kier alpha value is -1.88. The van der Waals surface area contributed by atoms with E-state index < -0.39 is 0 Å². The largest absolute Gasteiger partial charge is 0.497 e. The first-order valence-corrected chi connectivity index (χ1v) is 5.82. The number of ether oxygens (including phenoxy) is 1. The molecule has 0 aliphatic heterocycles. The lowest BCUT2D eigenvalue weighted by molar-refractivity contribution is 0.413. The van der Waals surface area contributed by atoms with Crippen LogP contribution in [0.1, 0.15) is 5.56 Å². The standard InChI is InChI=1S/C13H17N3O2/c1-15(2)7-6-10-9-16(14-17)13-5-4-11(18-3)8-12(10)13/h4-5,8-9H,6-7H2,1-3H3. The van der Waals surface area contributed by atoms with Gasteiger partial charge in [0.05, 0.1) is 17.9 Å². The topological polar surface area (TPSA) is 46.8 Å². The molecule has 1 aromatic carbocycles. The summed E-state index contributed by atoms with van der Waals surface area (Å²) in [6.07, 6.45) is 2.67. The summed E-state index contributed by atoms with van der Waals surface area (Å²) in [5, 5.41) is 4.04. The second kappa shape index (κ2) is 5.18. The van der Waals surface area contributed by atoms with Gasteiger partial charge in [0.25, 0.3) is 0 Å². The zero-order chi connectivity index (χ0) is 13.1. The van der Waals surface area contributed by atoms with Gasteiger partial charge >= 0.3 is 0 Å². The Morgan fingerprint density at radius 2 is 2.17 bits per heavy atom. The summed E-state index contributed by atoms with van der Waals surface area (Å²) in [7, 11) is 5.69. The van der Waals surface area contributed by atoms with Crippen molar-refractivity contribution in [3.63, 3.8) is 0 Å². The van der Waals surface area contributed by atoms with E-state index in [-0.39, 0.29) is 0 Å². The Labute approximate surface area is 106 Å². The molecule has 1 aromatic heterocycles. The van der Waals surface area contributed by atoms with Crippen LogP contribution in [0.4, 0.5) is 0 Å². The van der Waals surface area contributed by atoms with Crippen molar-refractivity contribution in [2.75, 3.05) is 27.7 Å². The van der Waals surface area contributed by atoms with E-state index in [2.05, 4.69) is 10.2 Å². The number of likely N-dealkylation sites (N-methyl/N-ethyl adjacent to an activating group) is 1. The van der Waals surface area contributed by atoms with Crippen molar-refractivity contribution in [3.05, 3.63) is 34.9 Å². The van der Waals surface area contributed by atoms with E-state index in [0.29, 0.717) is 0 Å². The number of hydrogen-bond donors (Lipinski definition) is 0. The summed E-state index contributed by atoms with van der Waals surface area (Å²) in [6, 6.07) is 5.64. The average molecular weight is 247 g/mol. The first kappa shape index (κ1) is 12.6. The molecule has 0 spiro atoms. The Balaban J connectivity index is 2.46. The van der Waals surface area contributed by atoms with Gasteiger partial charge in [-0.05, 0) is 44.3 Å². The number of fused-ring (bicyclic) bond motifs is 1. The molecule has 0 bridgehead atoms. The number of benzene rings is 1. The van der Waals surface area contributed by atoms with Crippen LogP contribution in [0.15, 0.2) is 29.7 Å². The average Bonchev–Trinajstić information content (AvgIpc) is 2.73. The zero-order valence-corrected chi connectivity index (χ0v) is 10.9. The molecular formula is C13H17N3O2. The summed E-state index contributed by atoms with van der Waals surface area (Å²) < 4.78 is 6.59. The highest BCUT2D eigenvalue weighted by atomic mass is 16.5. The molecule has 0 saturated carbocycles. The highest BCUT2D eigenvalue weighted by Crippen LogP contribution is 2.26. The molecule has 5 heteroatoms. The molecule has 0 radical (unpaired) electrons. The monoisotopic (exact) mass is 247 g/mol. The number of hydrogen-bond acceptors (Lipinski definition) is 4. The Morgan fingerprint density at radius 1 is 1.39 bits per heavy atom. The zero-order valence-electron chi connectivity index (χ0n) is 10.9. The lowest BCUT2D eigenvalue weighted by Crippen LogP contribution is -2.14. The molecule has 0 N–H and O–H groups in total. The van der Waals surface area contributed by atoms with Crippen LogP contribution in [0.3, 0.4) is 0 Å². The number of methoxy groups -OCH3 is 1. The lowest BCUT2D eigenvalue weighted by atomic mass is 10.1. The van der Waals surface area contributed by atoms with Gasteiger partial charge in [-0.1, -0.05) is 0 Å². The van der Waals surface area contributed by atoms with Gasteiger partial charge in [0, 0.05) is 18.1 Å². The number of nitroso groups, excluding NO2 is 1. The molecule has 2 rings (SSSR count). The van der Waals surface area contributed by atoms with E-state index in [1.165, 1.54) is 4.68 Å². The Bertz CT molecular complexity index is 561. The molecule has 5 nitrogen and oxygen atoms in total. The predicted octanol–water partition coefficient (Wildman–Crippen LogP) is 2.28. The smallest absolute Gasteiger partial charge is 0.119 e. The second-order valence-electron chi connectivity index (χ2n) is 4.52. The third-order valence-electron chi connectivity index (χ3n) is 2.99. The summed E-state index contributed by atoms with van der Waals surface area (Å²) >= 11 is 0. The maximum absolute atomic E-state index is 10.8. The minimum Gasteiger partial charge on any atom is -0.497 e. The Kier molecular flexibility index (Phi) is 3.62. The van der Waals surface area contributed by atoms with Crippen molar-refractivity contribution in [1.29, 1.82) is 0 Å². The van der Waals surface area contributed by atoms with E-state index >= 15 is 0 Å². The van der Waals surface area contributed by atoms with Crippen molar-refractivity contribution < 1.29 is 4.74 Å². The van der Waals surface area contributed by atoms with E-state index in [4.69, 9.17) is 4.74 Å². The van der Waals surface area contributed by atoms with Gasteiger partial charge in [0.2, 0.25) is 0 Å². The first-order chi connectivity index (χ1) is 8.65. The number of aromatic nitrogens is 1. The molecule has 1 heterocycles. The van der Waals surface area contributed by atoms with Crippen molar-refractivity contribution in [2.24, 2.45) is 5.29 Å². The highest BCUT2D eigenvalue weighted by molar-refractivity contribution is 5.85. The van der Waals surface area contributed by atoms with Crippen LogP contribution in [0.2, 0.25) is 0 Å².